The van der Waals surface area contributed by atoms with E-state index in [9.17, 15) is 0 Å². The number of rotatable bonds is 7. The van der Waals surface area contributed by atoms with E-state index in [2.05, 4.69) is 47.8 Å². The van der Waals surface area contributed by atoms with E-state index in [1.54, 1.807) is 14.2 Å². The largest absolute Gasteiger partial charge is 0.497 e. The van der Waals surface area contributed by atoms with E-state index in [0.717, 1.165) is 41.3 Å². The first-order valence-corrected chi connectivity index (χ1v) is 11.2. The molecule has 1 aliphatic heterocycles. The minimum absolute atomic E-state index is 0.122. The lowest BCUT2D eigenvalue weighted by Gasteiger charge is -2.26. The third-order valence-electron chi connectivity index (χ3n) is 5.33. The van der Waals surface area contributed by atoms with E-state index in [-0.39, 0.29) is 6.04 Å². The molecule has 0 bridgehead atoms. The highest BCUT2D eigenvalue weighted by Crippen LogP contribution is 2.36. The van der Waals surface area contributed by atoms with Gasteiger partial charge >= 0.3 is 0 Å². The molecule has 0 spiro atoms. The number of ether oxygens (including phenoxy) is 3. The maximum absolute atomic E-state index is 6.09. The Morgan fingerprint density at radius 3 is 2.47 bits per heavy atom. The van der Waals surface area contributed by atoms with Gasteiger partial charge in [-0.15, -0.1) is 0 Å². The van der Waals surface area contributed by atoms with Crippen LogP contribution in [0.5, 0.6) is 17.2 Å². The van der Waals surface area contributed by atoms with Crippen LogP contribution in [0.15, 0.2) is 72.8 Å². The monoisotopic (exact) mass is 431 g/mol. The third-order valence-corrected chi connectivity index (χ3v) is 5.33. The smallest absolute Gasteiger partial charge is 0.161 e. The van der Waals surface area contributed by atoms with Gasteiger partial charge in [0, 0.05) is 6.54 Å². The highest BCUT2D eigenvalue weighted by Gasteiger charge is 2.21. The van der Waals surface area contributed by atoms with E-state index in [1.807, 2.05) is 50.2 Å². The average Bonchev–Trinajstić information content (AvgIpc) is 2.87. The molecule has 4 heteroatoms. The quantitative estimate of drug-likeness (QED) is 0.483. The summed E-state index contributed by atoms with van der Waals surface area (Å²) in [6, 6.07) is 22.6. The second-order valence-electron chi connectivity index (χ2n) is 7.29. The van der Waals surface area contributed by atoms with Gasteiger partial charge in [-0.1, -0.05) is 68.5 Å². The molecule has 0 fully saturated rings. The summed E-state index contributed by atoms with van der Waals surface area (Å²) in [6.07, 6.45) is 5.28. The zero-order chi connectivity index (χ0) is 22.8. The van der Waals surface area contributed by atoms with Gasteiger partial charge < -0.3 is 19.5 Å². The number of nitrogens with one attached hydrogen (secondary N) is 1. The molecule has 3 aromatic rings. The van der Waals surface area contributed by atoms with Crippen molar-refractivity contribution in [2.24, 2.45) is 0 Å². The first-order valence-electron chi connectivity index (χ1n) is 11.2. The molecule has 3 aromatic carbocycles. The molecule has 0 amide bonds. The molecule has 1 heterocycles. The Bertz CT molecular complexity index is 1010. The van der Waals surface area contributed by atoms with Crippen molar-refractivity contribution in [2.75, 3.05) is 20.8 Å². The topological polar surface area (TPSA) is 39.7 Å². The molecule has 0 aromatic heterocycles. The van der Waals surface area contributed by atoms with Crippen LogP contribution >= 0.6 is 0 Å². The van der Waals surface area contributed by atoms with Gasteiger partial charge in [-0.25, -0.2) is 0 Å². The Kier molecular flexibility index (Phi) is 8.76. The lowest BCUT2D eigenvalue weighted by Crippen LogP contribution is -2.28. The summed E-state index contributed by atoms with van der Waals surface area (Å²) in [5.74, 6) is 2.40. The van der Waals surface area contributed by atoms with Gasteiger partial charge in [0.15, 0.2) is 11.5 Å². The normalized spacial score (nSPS) is 14.8. The fraction of sp³-hybridized carbons (Fsp3) is 0.286. The number of methoxy groups -OCH3 is 2. The molecule has 4 rings (SSSR count). The van der Waals surface area contributed by atoms with Gasteiger partial charge in [0.25, 0.3) is 0 Å². The van der Waals surface area contributed by atoms with Crippen LogP contribution in [0, 0.1) is 0 Å². The molecule has 168 valence electrons. The predicted molar refractivity (Wildman–Crippen MR) is 132 cm³/mol. The SMILES string of the molecule is CC.COc1cccc(/C=C/C2NCCc3cc(OCc4ccccc4)c(OC)cc32)c1. The van der Waals surface area contributed by atoms with E-state index in [4.69, 9.17) is 14.2 Å². The van der Waals surface area contributed by atoms with E-state index in [0.29, 0.717) is 6.61 Å². The Labute approximate surface area is 191 Å². The van der Waals surface area contributed by atoms with Crippen molar-refractivity contribution in [3.8, 4) is 17.2 Å². The summed E-state index contributed by atoms with van der Waals surface area (Å²) < 4.78 is 17.1. The van der Waals surface area contributed by atoms with E-state index >= 15 is 0 Å². The molecule has 1 atom stereocenters. The molecule has 1 aliphatic rings. The fourth-order valence-electron chi connectivity index (χ4n) is 3.73. The summed E-state index contributed by atoms with van der Waals surface area (Å²) in [5, 5.41) is 3.59. The predicted octanol–water partition coefficient (Wildman–Crippen LogP) is 6.21. The second kappa shape index (κ2) is 12.0. The maximum atomic E-state index is 6.09. The van der Waals surface area contributed by atoms with Crippen molar-refractivity contribution in [3.05, 3.63) is 95.1 Å². The number of hydrogen-bond donors (Lipinski definition) is 1. The molecular weight excluding hydrogens is 398 g/mol. The summed E-state index contributed by atoms with van der Waals surface area (Å²) in [7, 11) is 3.37. The fourth-order valence-corrected chi connectivity index (χ4v) is 3.73. The van der Waals surface area contributed by atoms with Gasteiger partial charge in [-0.05, 0) is 52.9 Å². The summed E-state index contributed by atoms with van der Waals surface area (Å²) in [6.45, 7) is 5.44. The molecule has 0 saturated carbocycles. The highest BCUT2D eigenvalue weighted by molar-refractivity contribution is 5.55. The Hall–Kier alpha value is -3.24. The minimum Gasteiger partial charge on any atom is -0.497 e. The van der Waals surface area contributed by atoms with Crippen molar-refractivity contribution in [2.45, 2.75) is 32.9 Å². The van der Waals surface area contributed by atoms with Crippen LogP contribution in [-0.4, -0.2) is 20.8 Å². The molecule has 0 aliphatic carbocycles. The average molecular weight is 432 g/mol. The Balaban J connectivity index is 0.00000141. The van der Waals surface area contributed by atoms with Gasteiger partial charge in [0.05, 0.1) is 20.3 Å². The third kappa shape index (κ3) is 5.92. The summed E-state index contributed by atoms with van der Waals surface area (Å²) in [5.41, 5.74) is 4.76. The minimum atomic E-state index is 0.122. The van der Waals surface area contributed by atoms with Crippen molar-refractivity contribution in [1.82, 2.24) is 5.32 Å². The zero-order valence-corrected chi connectivity index (χ0v) is 19.4. The lowest BCUT2D eigenvalue weighted by molar-refractivity contribution is 0.283. The van der Waals surface area contributed by atoms with Crippen molar-refractivity contribution < 1.29 is 14.2 Å². The van der Waals surface area contributed by atoms with Crippen LogP contribution in [0.1, 0.15) is 42.1 Å². The summed E-state index contributed by atoms with van der Waals surface area (Å²) in [4.78, 5) is 0. The van der Waals surface area contributed by atoms with Gasteiger partial charge in [0.1, 0.15) is 12.4 Å². The molecule has 4 nitrogen and oxygen atoms in total. The Morgan fingerprint density at radius 1 is 0.906 bits per heavy atom. The number of fused-ring (bicyclic) bond motifs is 1. The molecule has 1 unspecified atom stereocenters. The second-order valence-corrected chi connectivity index (χ2v) is 7.29. The molecule has 0 radical (unpaired) electrons. The molecule has 1 N–H and O–H groups in total. The molecule has 32 heavy (non-hydrogen) atoms. The van der Waals surface area contributed by atoms with Crippen molar-refractivity contribution in [3.63, 3.8) is 0 Å². The summed E-state index contributed by atoms with van der Waals surface area (Å²) >= 11 is 0. The lowest BCUT2D eigenvalue weighted by atomic mass is 9.93. The van der Waals surface area contributed by atoms with Crippen LogP contribution in [0.3, 0.4) is 0 Å². The van der Waals surface area contributed by atoms with Crippen LogP contribution < -0.4 is 19.5 Å². The van der Waals surface area contributed by atoms with Crippen LogP contribution in [0.4, 0.5) is 0 Å². The maximum Gasteiger partial charge on any atom is 0.161 e. The van der Waals surface area contributed by atoms with Crippen LogP contribution in [0.25, 0.3) is 6.08 Å². The van der Waals surface area contributed by atoms with Crippen LogP contribution in [0.2, 0.25) is 0 Å². The van der Waals surface area contributed by atoms with Crippen molar-refractivity contribution >= 4 is 6.08 Å². The standard InChI is InChI=1S/C26H27NO3.C2H6/c1-28-22-10-6-9-19(15-22)11-12-24-23-17-25(29-2)26(16-21(23)13-14-27-24)30-18-20-7-4-3-5-8-20;1-2/h3-12,15-17,24,27H,13-14,18H2,1-2H3;1-2H3/b12-11+;. The molecule has 0 saturated heterocycles. The zero-order valence-electron chi connectivity index (χ0n) is 19.4. The van der Waals surface area contributed by atoms with Crippen molar-refractivity contribution in [1.29, 1.82) is 0 Å². The van der Waals surface area contributed by atoms with Gasteiger partial charge in [-0.2, -0.15) is 0 Å². The van der Waals surface area contributed by atoms with E-state index < -0.39 is 0 Å². The highest BCUT2D eigenvalue weighted by atomic mass is 16.5. The Morgan fingerprint density at radius 2 is 1.72 bits per heavy atom. The first kappa shape index (κ1) is 23.4. The van der Waals surface area contributed by atoms with Gasteiger partial charge in [-0.3, -0.25) is 0 Å². The number of benzene rings is 3. The number of hydrogen-bond acceptors (Lipinski definition) is 4. The first-order chi connectivity index (χ1) is 15.8. The van der Waals surface area contributed by atoms with Crippen LogP contribution in [-0.2, 0) is 13.0 Å². The molecular formula is C28H33NO3. The van der Waals surface area contributed by atoms with Gasteiger partial charge in [0.2, 0.25) is 0 Å². The van der Waals surface area contributed by atoms with E-state index in [1.165, 1.54) is 11.1 Å².